The number of carbonyl (C=O) groups excluding carboxylic acids is 2. The Kier molecular flexibility index (Phi) is 6.29. The molecule has 8 nitrogen and oxygen atoms in total. The first kappa shape index (κ1) is 22.7. The highest BCUT2D eigenvalue weighted by Gasteiger charge is 2.32. The quantitative estimate of drug-likeness (QED) is 0.708. The van der Waals surface area contributed by atoms with Crippen LogP contribution in [0.3, 0.4) is 0 Å². The molecular weight excluding hydrogens is 398 g/mol. The zero-order valence-corrected chi connectivity index (χ0v) is 19.3. The van der Waals surface area contributed by atoms with E-state index in [1.54, 1.807) is 11.7 Å². The van der Waals surface area contributed by atoms with Crippen LogP contribution in [-0.2, 0) is 17.6 Å². The van der Waals surface area contributed by atoms with Crippen LogP contribution in [0, 0.1) is 5.41 Å². The number of carbonyl (C=O) groups is 2. The molecule has 1 aliphatic heterocycles. The van der Waals surface area contributed by atoms with Gasteiger partial charge in [0.05, 0.1) is 31.7 Å². The number of ether oxygens (including phenoxy) is 3. The van der Waals surface area contributed by atoms with Crippen LogP contribution in [0.4, 0.5) is 0 Å². The number of fused-ring (bicyclic) bond motifs is 3. The van der Waals surface area contributed by atoms with Crippen LogP contribution in [-0.4, -0.2) is 48.3 Å². The molecule has 2 aromatic rings. The molecule has 0 bridgehead atoms. The largest absolute Gasteiger partial charge is 0.493 e. The molecule has 31 heavy (non-hydrogen) atoms. The highest BCUT2D eigenvalue weighted by molar-refractivity contribution is 5.96. The van der Waals surface area contributed by atoms with Crippen molar-refractivity contribution < 1.29 is 23.8 Å². The Morgan fingerprint density at radius 3 is 2.45 bits per heavy atom. The number of aryl methyl sites for hydroxylation is 1. The van der Waals surface area contributed by atoms with Crippen LogP contribution < -0.4 is 14.8 Å². The molecule has 1 amide bonds. The Balaban J connectivity index is 2.14. The number of hydrogen-bond acceptors (Lipinski definition) is 6. The van der Waals surface area contributed by atoms with Gasteiger partial charge in [-0.05, 0) is 43.7 Å². The van der Waals surface area contributed by atoms with Crippen LogP contribution >= 0.6 is 0 Å². The first-order valence-electron chi connectivity index (χ1n) is 10.4. The summed E-state index contributed by atoms with van der Waals surface area (Å²) in [6.45, 7) is 10.5. The second kappa shape index (κ2) is 8.61. The third kappa shape index (κ3) is 4.68. The van der Waals surface area contributed by atoms with E-state index in [0.29, 0.717) is 36.6 Å². The molecule has 0 spiro atoms. The second-order valence-electron chi connectivity index (χ2n) is 9.10. The van der Waals surface area contributed by atoms with Gasteiger partial charge in [0.15, 0.2) is 17.2 Å². The number of rotatable bonds is 6. The van der Waals surface area contributed by atoms with Gasteiger partial charge in [0.2, 0.25) is 5.82 Å². The summed E-state index contributed by atoms with van der Waals surface area (Å²) in [7, 11) is 2.90. The molecular formula is C23H31N3O5. The maximum atomic E-state index is 12.9. The predicted molar refractivity (Wildman–Crippen MR) is 116 cm³/mol. The van der Waals surface area contributed by atoms with E-state index in [0.717, 1.165) is 11.3 Å². The van der Waals surface area contributed by atoms with Gasteiger partial charge in [-0.1, -0.05) is 20.8 Å². The number of nitrogens with zero attached hydrogens (tertiary/aromatic N) is 2. The van der Waals surface area contributed by atoms with E-state index in [2.05, 4.69) is 10.3 Å². The second-order valence-corrected chi connectivity index (χ2v) is 9.10. The summed E-state index contributed by atoms with van der Waals surface area (Å²) in [5.41, 5.74) is 2.56. The highest BCUT2D eigenvalue weighted by atomic mass is 16.5. The lowest BCUT2D eigenvalue weighted by Gasteiger charge is -2.24. The minimum Gasteiger partial charge on any atom is -0.493 e. The summed E-state index contributed by atoms with van der Waals surface area (Å²) >= 11 is 0. The van der Waals surface area contributed by atoms with Crippen LogP contribution in [0.2, 0.25) is 0 Å². The Labute approximate surface area is 182 Å². The van der Waals surface area contributed by atoms with Crippen LogP contribution in [0.1, 0.15) is 67.0 Å². The van der Waals surface area contributed by atoms with E-state index in [9.17, 15) is 9.59 Å². The number of esters is 1. The molecule has 0 fully saturated rings. The fourth-order valence-electron chi connectivity index (χ4n) is 3.54. The summed E-state index contributed by atoms with van der Waals surface area (Å²) in [4.78, 5) is 29.9. The van der Waals surface area contributed by atoms with E-state index in [1.807, 2.05) is 46.8 Å². The molecule has 1 N–H and O–H groups in total. The van der Waals surface area contributed by atoms with Gasteiger partial charge in [-0.2, -0.15) is 0 Å². The van der Waals surface area contributed by atoms with Gasteiger partial charge in [-0.15, -0.1) is 0 Å². The van der Waals surface area contributed by atoms with Crippen molar-refractivity contribution in [3.63, 3.8) is 0 Å². The molecule has 0 atom stereocenters. The number of imidazole rings is 1. The van der Waals surface area contributed by atoms with E-state index in [-0.39, 0.29) is 28.9 Å². The van der Waals surface area contributed by atoms with Crippen LogP contribution in [0.5, 0.6) is 11.5 Å². The van der Waals surface area contributed by atoms with Crippen molar-refractivity contribution in [1.29, 1.82) is 0 Å². The molecule has 0 radical (unpaired) electrons. The minimum absolute atomic E-state index is 0.0587. The highest BCUT2D eigenvalue weighted by Crippen LogP contribution is 2.38. The Morgan fingerprint density at radius 2 is 1.87 bits per heavy atom. The average Bonchev–Trinajstić information content (AvgIpc) is 3.10. The molecule has 1 aliphatic rings. The van der Waals surface area contributed by atoms with Crippen molar-refractivity contribution in [2.75, 3.05) is 20.8 Å². The number of nitrogens with one attached hydrogen (secondary N) is 1. The summed E-state index contributed by atoms with van der Waals surface area (Å²) in [6.07, 6.45) is 1.18. The monoisotopic (exact) mass is 429 g/mol. The fraction of sp³-hybridized carbons (Fsp3) is 0.522. The van der Waals surface area contributed by atoms with Gasteiger partial charge in [0.1, 0.15) is 0 Å². The number of benzene rings is 1. The van der Waals surface area contributed by atoms with Crippen LogP contribution in [0.15, 0.2) is 12.1 Å². The van der Waals surface area contributed by atoms with E-state index in [4.69, 9.17) is 14.2 Å². The zero-order chi connectivity index (χ0) is 22.9. The van der Waals surface area contributed by atoms with Crippen molar-refractivity contribution in [3.8, 4) is 17.2 Å². The predicted octanol–water partition coefficient (Wildman–Crippen LogP) is 3.33. The molecule has 3 rings (SSSR count). The molecule has 8 heteroatoms. The van der Waals surface area contributed by atoms with Crippen molar-refractivity contribution in [2.45, 2.75) is 53.6 Å². The number of amides is 1. The number of methoxy groups -OCH3 is 2. The maximum absolute atomic E-state index is 12.9. The minimum atomic E-state index is -0.605. The summed E-state index contributed by atoms with van der Waals surface area (Å²) in [5.74, 6) is 0.349. The van der Waals surface area contributed by atoms with Gasteiger partial charge >= 0.3 is 5.97 Å². The van der Waals surface area contributed by atoms with Gasteiger partial charge in [0, 0.05) is 12.6 Å². The maximum Gasteiger partial charge on any atom is 0.374 e. The average molecular weight is 430 g/mol. The topological polar surface area (TPSA) is 91.7 Å². The third-order valence-electron chi connectivity index (χ3n) is 4.93. The molecule has 1 aromatic carbocycles. The van der Waals surface area contributed by atoms with E-state index < -0.39 is 5.97 Å². The first-order valence-corrected chi connectivity index (χ1v) is 10.4. The third-order valence-corrected chi connectivity index (χ3v) is 4.93. The summed E-state index contributed by atoms with van der Waals surface area (Å²) < 4.78 is 18.1. The fourth-order valence-corrected chi connectivity index (χ4v) is 3.54. The van der Waals surface area contributed by atoms with Crippen molar-refractivity contribution in [1.82, 2.24) is 14.9 Å². The number of hydrogen-bond donors (Lipinski definition) is 1. The molecule has 0 unspecified atom stereocenters. The Bertz CT molecular complexity index is 1000. The Morgan fingerprint density at radius 1 is 1.16 bits per heavy atom. The normalized spacial score (nSPS) is 12.8. The molecule has 168 valence electrons. The lowest BCUT2D eigenvalue weighted by Crippen LogP contribution is -2.33. The SMILES string of the molecule is COC(=O)c1nc(C(=O)NCC(C)(C)C)c2n1-c1cc(OC(C)C)c(OC)cc1CC2. The molecule has 0 aliphatic carbocycles. The van der Waals surface area contributed by atoms with Gasteiger partial charge < -0.3 is 19.5 Å². The van der Waals surface area contributed by atoms with E-state index in [1.165, 1.54) is 7.11 Å². The lowest BCUT2D eigenvalue weighted by molar-refractivity contribution is 0.0584. The molecule has 2 heterocycles. The van der Waals surface area contributed by atoms with Gasteiger partial charge in [-0.25, -0.2) is 9.78 Å². The molecule has 0 saturated heterocycles. The molecule has 1 aromatic heterocycles. The van der Waals surface area contributed by atoms with Gasteiger partial charge in [0.25, 0.3) is 5.91 Å². The number of aromatic nitrogens is 2. The van der Waals surface area contributed by atoms with Gasteiger partial charge in [-0.3, -0.25) is 9.36 Å². The summed E-state index contributed by atoms with van der Waals surface area (Å²) in [6, 6.07) is 3.75. The van der Waals surface area contributed by atoms with Crippen molar-refractivity contribution >= 4 is 11.9 Å². The standard InChI is InChI=1S/C23H31N3O5/c1-13(2)31-18-11-16-14(10-17(18)29-6)8-9-15-19(21(27)24-12-23(3,4)5)25-20(26(15)16)22(28)30-7/h10-11,13H,8-9,12H2,1-7H3,(H,24,27). The van der Waals surface area contributed by atoms with Crippen molar-refractivity contribution in [2.24, 2.45) is 5.41 Å². The van der Waals surface area contributed by atoms with Crippen molar-refractivity contribution in [3.05, 3.63) is 34.9 Å². The zero-order valence-electron chi connectivity index (χ0n) is 19.3. The van der Waals surface area contributed by atoms with E-state index >= 15 is 0 Å². The first-order chi connectivity index (χ1) is 14.6. The Hall–Kier alpha value is -3.03. The van der Waals surface area contributed by atoms with Crippen LogP contribution in [0.25, 0.3) is 5.69 Å². The lowest BCUT2D eigenvalue weighted by atomic mass is 9.96. The smallest absolute Gasteiger partial charge is 0.374 e. The molecule has 0 saturated carbocycles. The summed E-state index contributed by atoms with van der Waals surface area (Å²) in [5, 5.41) is 2.93.